The normalized spacial score (nSPS) is 11.0. The molecule has 7 nitrogen and oxygen atoms in total. The monoisotopic (exact) mass is 407 g/mol. The number of amides is 1. The van der Waals surface area contributed by atoms with Gasteiger partial charge in [0.25, 0.3) is 0 Å². The molecule has 0 spiro atoms. The maximum atomic E-state index is 12.7. The Kier molecular flexibility index (Phi) is 4.90. The number of rotatable bonds is 4. The van der Waals surface area contributed by atoms with Crippen molar-refractivity contribution in [1.82, 2.24) is 19.2 Å². The Morgan fingerprint density at radius 3 is 2.62 bits per heavy atom. The van der Waals surface area contributed by atoms with E-state index >= 15 is 0 Å². The number of anilines is 1. The van der Waals surface area contributed by atoms with Gasteiger partial charge in [-0.3, -0.25) is 4.79 Å². The first-order chi connectivity index (χ1) is 13.9. The number of fused-ring (bicyclic) bond motifs is 1. The fourth-order valence-electron chi connectivity index (χ4n) is 3.12. The molecule has 0 bridgehead atoms. The van der Waals surface area contributed by atoms with Gasteiger partial charge in [-0.15, -0.1) is 5.10 Å². The number of benzene rings is 2. The highest BCUT2D eigenvalue weighted by Crippen LogP contribution is 2.20. The van der Waals surface area contributed by atoms with E-state index in [4.69, 9.17) is 11.6 Å². The molecule has 0 atom stereocenters. The molecular weight excluding hydrogens is 390 g/mol. The van der Waals surface area contributed by atoms with Crippen LogP contribution in [0, 0.1) is 13.8 Å². The molecule has 2 aromatic carbocycles. The third kappa shape index (κ3) is 3.77. The van der Waals surface area contributed by atoms with Gasteiger partial charge < -0.3 is 5.32 Å². The molecule has 0 saturated heterocycles. The SMILES string of the molecule is Cc1ccc(Cl)cc1NC(=O)Cn1nc2cc(-c3ccccc3)nc(C)n2c1=O. The Balaban J connectivity index is 1.65. The lowest BCUT2D eigenvalue weighted by atomic mass is 10.1. The van der Waals surface area contributed by atoms with Crippen molar-refractivity contribution in [2.45, 2.75) is 20.4 Å². The van der Waals surface area contributed by atoms with Gasteiger partial charge in [0.2, 0.25) is 5.91 Å². The third-order valence-corrected chi connectivity index (χ3v) is 4.81. The van der Waals surface area contributed by atoms with Crippen LogP contribution in [0.4, 0.5) is 5.69 Å². The van der Waals surface area contributed by atoms with Gasteiger partial charge >= 0.3 is 5.69 Å². The lowest BCUT2D eigenvalue weighted by Gasteiger charge is -2.08. The van der Waals surface area contributed by atoms with E-state index in [0.29, 0.717) is 27.9 Å². The summed E-state index contributed by atoms with van der Waals surface area (Å²) in [7, 11) is 0. The summed E-state index contributed by atoms with van der Waals surface area (Å²) in [6.07, 6.45) is 0. The Bertz CT molecular complexity index is 1280. The first kappa shape index (κ1) is 18.9. The number of nitrogens with zero attached hydrogens (tertiary/aromatic N) is 4. The van der Waals surface area contributed by atoms with E-state index in [2.05, 4.69) is 15.4 Å². The van der Waals surface area contributed by atoms with Crippen molar-refractivity contribution in [2.75, 3.05) is 5.32 Å². The minimum Gasteiger partial charge on any atom is -0.324 e. The van der Waals surface area contributed by atoms with Gasteiger partial charge in [0.05, 0.1) is 5.69 Å². The largest absolute Gasteiger partial charge is 0.352 e. The van der Waals surface area contributed by atoms with Crippen molar-refractivity contribution < 1.29 is 4.79 Å². The summed E-state index contributed by atoms with van der Waals surface area (Å²) in [5.41, 5.74) is 3.14. The fourth-order valence-corrected chi connectivity index (χ4v) is 3.29. The molecule has 0 aliphatic rings. The molecule has 2 aromatic heterocycles. The van der Waals surface area contributed by atoms with Crippen LogP contribution in [0.1, 0.15) is 11.4 Å². The molecule has 0 radical (unpaired) electrons. The molecule has 4 aromatic rings. The van der Waals surface area contributed by atoms with Gasteiger partial charge in [-0.1, -0.05) is 48.0 Å². The van der Waals surface area contributed by atoms with Crippen LogP contribution in [0.5, 0.6) is 0 Å². The third-order valence-electron chi connectivity index (χ3n) is 4.57. The standard InChI is InChI=1S/C21H18ClN5O2/c1-13-8-9-16(22)10-17(13)24-20(28)12-26-21(29)27-14(2)23-18(11-19(27)25-26)15-6-4-3-5-7-15/h3-11H,12H2,1-2H3,(H,24,28). The second kappa shape index (κ2) is 7.52. The van der Waals surface area contributed by atoms with E-state index in [0.717, 1.165) is 15.8 Å². The maximum absolute atomic E-state index is 12.7. The van der Waals surface area contributed by atoms with Crippen molar-refractivity contribution in [3.63, 3.8) is 0 Å². The number of aryl methyl sites for hydroxylation is 2. The van der Waals surface area contributed by atoms with Gasteiger partial charge in [-0.2, -0.15) is 0 Å². The zero-order chi connectivity index (χ0) is 20.5. The van der Waals surface area contributed by atoms with Crippen LogP contribution in [-0.2, 0) is 11.3 Å². The molecule has 1 amide bonds. The molecule has 0 unspecified atom stereocenters. The summed E-state index contributed by atoms with van der Waals surface area (Å²) in [4.78, 5) is 29.7. The van der Waals surface area contributed by atoms with Crippen LogP contribution in [0.3, 0.4) is 0 Å². The van der Waals surface area contributed by atoms with Crippen LogP contribution in [0.15, 0.2) is 59.4 Å². The Hall–Kier alpha value is -3.45. The van der Waals surface area contributed by atoms with Gasteiger partial charge in [-0.05, 0) is 31.5 Å². The highest BCUT2D eigenvalue weighted by molar-refractivity contribution is 6.31. The van der Waals surface area contributed by atoms with Crippen LogP contribution in [0.2, 0.25) is 5.02 Å². The summed E-state index contributed by atoms with van der Waals surface area (Å²) in [5.74, 6) is 0.137. The molecular formula is C21H18ClN5O2. The minimum absolute atomic E-state index is 0.216. The molecule has 146 valence electrons. The molecule has 2 heterocycles. The van der Waals surface area contributed by atoms with Crippen LogP contribution < -0.4 is 11.0 Å². The lowest BCUT2D eigenvalue weighted by Crippen LogP contribution is -2.29. The highest BCUT2D eigenvalue weighted by Gasteiger charge is 2.15. The zero-order valence-electron chi connectivity index (χ0n) is 15.9. The van der Waals surface area contributed by atoms with E-state index in [1.165, 1.54) is 4.40 Å². The van der Waals surface area contributed by atoms with Crippen molar-refractivity contribution in [2.24, 2.45) is 0 Å². The maximum Gasteiger partial charge on any atom is 0.352 e. The minimum atomic E-state index is -0.414. The fraction of sp³-hybridized carbons (Fsp3) is 0.143. The van der Waals surface area contributed by atoms with Crippen LogP contribution >= 0.6 is 11.6 Å². The second-order valence-electron chi connectivity index (χ2n) is 6.70. The first-order valence-corrected chi connectivity index (χ1v) is 9.39. The summed E-state index contributed by atoms with van der Waals surface area (Å²) < 4.78 is 2.53. The van der Waals surface area contributed by atoms with Gasteiger partial charge in [0, 0.05) is 22.3 Å². The van der Waals surface area contributed by atoms with E-state index < -0.39 is 5.69 Å². The number of hydrogen-bond donors (Lipinski definition) is 1. The van der Waals surface area contributed by atoms with E-state index in [1.807, 2.05) is 43.3 Å². The number of carbonyl (C=O) groups excluding carboxylic acids is 1. The van der Waals surface area contributed by atoms with Gasteiger partial charge in [-0.25, -0.2) is 18.9 Å². The van der Waals surface area contributed by atoms with Gasteiger partial charge in [0.1, 0.15) is 12.4 Å². The Morgan fingerprint density at radius 2 is 1.86 bits per heavy atom. The molecule has 1 N–H and O–H groups in total. The summed E-state index contributed by atoms with van der Waals surface area (Å²) in [6.45, 7) is 3.39. The quantitative estimate of drug-likeness (QED) is 0.561. The summed E-state index contributed by atoms with van der Waals surface area (Å²) >= 11 is 5.99. The van der Waals surface area contributed by atoms with Crippen molar-refractivity contribution >= 4 is 28.8 Å². The van der Waals surface area contributed by atoms with Gasteiger partial charge in [0.15, 0.2) is 5.65 Å². The zero-order valence-corrected chi connectivity index (χ0v) is 16.6. The highest BCUT2D eigenvalue weighted by atomic mass is 35.5. The number of halogens is 1. The number of aromatic nitrogens is 4. The molecule has 0 saturated carbocycles. The number of hydrogen-bond acceptors (Lipinski definition) is 4. The smallest absolute Gasteiger partial charge is 0.324 e. The first-order valence-electron chi connectivity index (χ1n) is 9.01. The predicted molar refractivity (Wildman–Crippen MR) is 112 cm³/mol. The number of carbonyl (C=O) groups is 1. The molecule has 8 heteroatoms. The molecule has 4 rings (SSSR count). The van der Waals surface area contributed by atoms with Crippen molar-refractivity contribution in [1.29, 1.82) is 0 Å². The lowest BCUT2D eigenvalue weighted by molar-refractivity contribution is -0.117. The Labute approximate surface area is 171 Å². The topological polar surface area (TPSA) is 81.3 Å². The molecule has 29 heavy (non-hydrogen) atoms. The molecule has 0 aliphatic heterocycles. The van der Waals surface area contributed by atoms with Crippen molar-refractivity contribution in [3.05, 3.63) is 81.5 Å². The predicted octanol–water partition coefficient (Wildman–Crippen LogP) is 3.47. The second-order valence-corrected chi connectivity index (χ2v) is 7.13. The van der Waals surface area contributed by atoms with E-state index in [9.17, 15) is 9.59 Å². The van der Waals surface area contributed by atoms with Crippen molar-refractivity contribution in [3.8, 4) is 11.3 Å². The Morgan fingerprint density at radius 1 is 1.10 bits per heavy atom. The average Bonchev–Trinajstić information content (AvgIpc) is 3.01. The molecule has 0 aliphatic carbocycles. The van der Waals surface area contributed by atoms with E-state index in [-0.39, 0.29) is 12.5 Å². The summed E-state index contributed by atoms with van der Waals surface area (Å²) in [5, 5.41) is 7.62. The van der Waals surface area contributed by atoms with Crippen LogP contribution in [0.25, 0.3) is 16.9 Å². The average molecular weight is 408 g/mol. The molecule has 0 fully saturated rings. The summed E-state index contributed by atoms with van der Waals surface area (Å²) in [6, 6.07) is 16.6. The number of nitrogens with one attached hydrogen (secondary N) is 1. The van der Waals surface area contributed by atoms with Crippen LogP contribution in [-0.4, -0.2) is 25.1 Å². The van der Waals surface area contributed by atoms with E-state index in [1.54, 1.807) is 25.1 Å².